The van der Waals surface area contributed by atoms with Gasteiger partial charge in [-0.25, -0.2) is 9.79 Å². The molecule has 1 aliphatic heterocycles. The number of esters is 1. The van der Waals surface area contributed by atoms with Crippen molar-refractivity contribution in [2.45, 2.75) is 39.0 Å². The standard InChI is InChI=1S/C21H23N3O3/c1-20(2)10-13-15(14(25)11-20)21(3,12-8-6-5-7-9-12)16-17(19(26)27-4)23-24-18(16)22-13/h5-9,15H,10-11H2,1-4H3,(H,23,24). The van der Waals surface area contributed by atoms with Crippen LogP contribution >= 0.6 is 0 Å². The lowest BCUT2D eigenvalue weighted by atomic mass is 9.57. The van der Waals surface area contributed by atoms with Crippen LogP contribution in [0.3, 0.4) is 0 Å². The minimum Gasteiger partial charge on any atom is -0.464 e. The number of ether oxygens (including phenoxy) is 1. The fourth-order valence-electron chi connectivity index (χ4n) is 4.70. The van der Waals surface area contributed by atoms with Gasteiger partial charge in [-0.05, 0) is 17.4 Å². The normalized spacial score (nSPS) is 26.0. The van der Waals surface area contributed by atoms with Crippen molar-refractivity contribution in [2.75, 3.05) is 7.11 Å². The van der Waals surface area contributed by atoms with Crippen molar-refractivity contribution in [3.05, 3.63) is 47.2 Å². The summed E-state index contributed by atoms with van der Waals surface area (Å²) in [5, 5.41) is 7.08. The number of hydrogen-bond acceptors (Lipinski definition) is 5. The highest BCUT2D eigenvalue weighted by atomic mass is 16.5. The Morgan fingerprint density at radius 2 is 1.89 bits per heavy atom. The Labute approximate surface area is 158 Å². The fourth-order valence-corrected chi connectivity index (χ4v) is 4.70. The fraction of sp³-hybridized carbons (Fsp3) is 0.429. The summed E-state index contributed by atoms with van der Waals surface area (Å²) < 4.78 is 4.94. The molecule has 2 unspecified atom stereocenters. The first-order chi connectivity index (χ1) is 12.8. The first kappa shape index (κ1) is 17.6. The molecule has 1 saturated carbocycles. The molecule has 2 heterocycles. The Balaban J connectivity index is 2.02. The van der Waals surface area contributed by atoms with Crippen LogP contribution in [-0.2, 0) is 14.9 Å². The Morgan fingerprint density at radius 3 is 2.56 bits per heavy atom. The lowest BCUT2D eigenvalue weighted by molar-refractivity contribution is -0.125. The van der Waals surface area contributed by atoms with Gasteiger partial charge >= 0.3 is 5.97 Å². The summed E-state index contributed by atoms with van der Waals surface area (Å²) >= 11 is 0. The van der Waals surface area contributed by atoms with Gasteiger partial charge in [-0.3, -0.25) is 9.89 Å². The minimum atomic E-state index is -0.738. The summed E-state index contributed by atoms with van der Waals surface area (Å²) in [6.45, 7) is 6.19. The molecule has 0 radical (unpaired) electrons. The van der Waals surface area contributed by atoms with Gasteiger partial charge < -0.3 is 4.74 Å². The average molecular weight is 365 g/mol. The lowest BCUT2D eigenvalue weighted by Gasteiger charge is -2.46. The smallest absolute Gasteiger partial charge is 0.356 e. The van der Waals surface area contributed by atoms with Crippen molar-refractivity contribution in [3.8, 4) is 0 Å². The minimum absolute atomic E-state index is 0.136. The van der Waals surface area contributed by atoms with E-state index in [9.17, 15) is 9.59 Å². The molecule has 1 aromatic heterocycles. The van der Waals surface area contributed by atoms with Gasteiger partial charge in [0.05, 0.1) is 13.0 Å². The Morgan fingerprint density at radius 1 is 1.19 bits per heavy atom. The van der Waals surface area contributed by atoms with Crippen molar-refractivity contribution in [3.63, 3.8) is 0 Å². The van der Waals surface area contributed by atoms with E-state index in [1.165, 1.54) is 7.11 Å². The van der Waals surface area contributed by atoms with Gasteiger partial charge in [0, 0.05) is 23.1 Å². The zero-order chi connectivity index (χ0) is 19.4. The number of aromatic nitrogens is 2. The number of benzene rings is 1. The van der Waals surface area contributed by atoms with Gasteiger partial charge in [-0.2, -0.15) is 5.10 Å². The molecule has 0 saturated heterocycles. The van der Waals surface area contributed by atoms with Crippen LogP contribution in [0, 0.1) is 11.3 Å². The molecule has 1 aromatic carbocycles. The van der Waals surface area contributed by atoms with E-state index in [-0.39, 0.29) is 16.9 Å². The number of fused-ring (bicyclic) bond motifs is 2. The predicted octanol–water partition coefficient (Wildman–Crippen LogP) is 3.59. The zero-order valence-corrected chi connectivity index (χ0v) is 16.0. The van der Waals surface area contributed by atoms with Crippen LogP contribution in [-0.4, -0.2) is 34.8 Å². The van der Waals surface area contributed by atoms with Gasteiger partial charge in [0.2, 0.25) is 0 Å². The molecule has 140 valence electrons. The first-order valence-corrected chi connectivity index (χ1v) is 9.11. The number of nitrogens with one attached hydrogen (secondary N) is 1. The third kappa shape index (κ3) is 2.54. The van der Waals surface area contributed by atoms with Crippen molar-refractivity contribution in [1.82, 2.24) is 10.2 Å². The van der Waals surface area contributed by atoms with E-state index in [2.05, 4.69) is 24.0 Å². The average Bonchev–Trinajstić information content (AvgIpc) is 3.05. The second-order valence-corrected chi connectivity index (χ2v) is 8.38. The Bertz CT molecular complexity index is 958. The first-order valence-electron chi connectivity index (χ1n) is 9.11. The van der Waals surface area contributed by atoms with Crippen LogP contribution in [0.5, 0.6) is 0 Å². The molecule has 2 atom stereocenters. The molecule has 1 aliphatic carbocycles. The van der Waals surface area contributed by atoms with Gasteiger partial charge in [0.15, 0.2) is 5.82 Å². The molecule has 6 nitrogen and oxygen atoms in total. The molecule has 0 bridgehead atoms. The number of carbonyl (C=O) groups is 2. The SMILES string of the molecule is COC(=O)c1[nH]nc2c1C(C)(c1ccccc1)C1C(=O)CC(C)(C)CC1=N2. The van der Waals surface area contributed by atoms with Crippen LogP contribution in [0.25, 0.3) is 0 Å². The predicted molar refractivity (Wildman–Crippen MR) is 101 cm³/mol. The summed E-state index contributed by atoms with van der Waals surface area (Å²) in [7, 11) is 1.33. The van der Waals surface area contributed by atoms with E-state index < -0.39 is 17.3 Å². The lowest BCUT2D eigenvalue weighted by Crippen LogP contribution is -2.50. The van der Waals surface area contributed by atoms with Crippen molar-refractivity contribution in [2.24, 2.45) is 16.3 Å². The van der Waals surface area contributed by atoms with Crippen LogP contribution in [0.4, 0.5) is 5.82 Å². The van der Waals surface area contributed by atoms with Crippen LogP contribution in [0.1, 0.15) is 55.2 Å². The summed E-state index contributed by atoms with van der Waals surface area (Å²) in [6, 6.07) is 9.82. The molecule has 2 aliphatic rings. The van der Waals surface area contributed by atoms with E-state index in [1.807, 2.05) is 37.3 Å². The van der Waals surface area contributed by atoms with Crippen LogP contribution in [0.2, 0.25) is 0 Å². The molecular formula is C21H23N3O3. The van der Waals surface area contributed by atoms with Crippen LogP contribution < -0.4 is 0 Å². The Hall–Kier alpha value is -2.76. The quantitative estimate of drug-likeness (QED) is 0.824. The van der Waals surface area contributed by atoms with E-state index >= 15 is 0 Å². The maximum atomic E-state index is 13.3. The molecule has 1 fully saturated rings. The van der Waals surface area contributed by atoms with Gasteiger partial charge in [-0.1, -0.05) is 51.1 Å². The van der Waals surface area contributed by atoms with E-state index in [0.717, 1.165) is 17.7 Å². The molecule has 0 spiro atoms. The largest absolute Gasteiger partial charge is 0.464 e. The highest BCUT2D eigenvalue weighted by molar-refractivity contribution is 6.12. The maximum Gasteiger partial charge on any atom is 0.356 e. The third-order valence-electron chi connectivity index (χ3n) is 5.82. The molecule has 1 N–H and O–H groups in total. The van der Waals surface area contributed by atoms with Crippen LogP contribution in [0.15, 0.2) is 35.3 Å². The number of methoxy groups -OCH3 is 1. The Kier molecular flexibility index (Phi) is 3.84. The zero-order valence-electron chi connectivity index (χ0n) is 16.0. The molecule has 6 heteroatoms. The molecule has 4 rings (SSSR count). The van der Waals surface area contributed by atoms with Gasteiger partial charge in [0.1, 0.15) is 11.5 Å². The number of ketones is 1. The molecule has 2 aromatic rings. The van der Waals surface area contributed by atoms with Crippen molar-refractivity contribution >= 4 is 23.3 Å². The highest BCUT2D eigenvalue weighted by Crippen LogP contribution is 2.52. The second-order valence-electron chi connectivity index (χ2n) is 8.38. The van der Waals surface area contributed by atoms with Crippen molar-refractivity contribution in [1.29, 1.82) is 0 Å². The number of rotatable bonds is 2. The maximum absolute atomic E-state index is 13.3. The topological polar surface area (TPSA) is 84.4 Å². The highest BCUT2D eigenvalue weighted by Gasteiger charge is 2.54. The number of carbonyl (C=O) groups excluding carboxylic acids is 2. The monoisotopic (exact) mass is 365 g/mol. The number of aromatic amines is 1. The summed E-state index contributed by atoms with van der Waals surface area (Å²) in [5.74, 6) is -0.299. The number of hydrogen-bond donors (Lipinski definition) is 1. The second kappa shape index (κ2) is 5.87. The molecular weight excluding hydrogens is 342 g/mol. The van der Waals surface area contributed by atoms with Gasteiger partial charge in [0.25, 0.3) is 0 Å². The molecule has 0 amide bonds. The number of Topliss-reactive ketones (excluding diaryl/α,β-unsaturated/α-hetero) is 1. The molecule has 27 heavy (non-hydrogen) atoms. The summed E-state index contributed by atoms with van der Waals surface area (Å²) in [5.41, 5.74) is 1.84. The number of aliphatic imine (C=N–C) groups is 1. The van der Waals surface area contributed by atoms with E-state index in [1.54, 1.807) is 0 Å². The van der Waals surface area contributed by atoms with Crippen molar-refractivity contribution < 1.29 is 14.3 Å². The van der Waals surface area contributed by atoms with Gasteiger partial charge in [-0.15, -0.1) is 0 Å². The third-order valence-corrected chi connectivity index (χ3v) is 5.82. The number of nitrogens with zero attached hydrogens (tertiary/aromatic N) is 2. The number of H-pyrrole nitrogens is 1. The summed E-state index contributed by atoms with van der Waals surface area (Å²) in [6.07, 6.45) is 1.21. The summed E-state index contributed by atoms with van der Waals surface area (Å²) in [4.78, 5) is 30.4. The van der Waals surface area contributed by atoms with E-state index in [0.29, 0.717) is 17.8 Å². The van der Waals surface area contributed by atoms with E-state index in [4.69, 9.17) is 9.73 Å².